The lowest BCUT2D eigenvalue weighted by Gasteiger charge is -2.20. The number of halogens is 2. The molecule has 1 amide bonds. The van der Waals surface area contributed by atoms with Gasteiger partial charge in [-0.3, -0.25) is 9.69 Å². The third-order valence-electron chi connectivity index (χ3n) is 5.91. The molecule has 2 aromatic rings. The van der Waals surface area contributed by atoms with Gasteiger partial charge >= 0.3 is 0 Å². The van der Waals surface area contributed by atoms with Gasteiger partial charge in [-0.15, -0.1) is 0 Å². The number of nitrogens with zero attached hydrogens (tertiary/aromatic N) is 4. The van der Waals surface area contributed by atoms with Gasteiger partial charge in [0.05, 0.1) is 11.4 Å². The first kappa shape index (κ1) is 22.6. The minimum absolute atomic E-state index is 0.116. The zero-order chi connectivity index (χ0) is 21.8. The Labute approximate surface area is 183 Å². The van der Waals surface area contributed by atoms with E-state index in [0.717, 1.165) is 47.8 Å². The minimum Gasteiger partial charge on any atom is -0.343 e. The lowest BCUT2D eigenvalue weighted by Crippen LogP contribution is -2.32. The Hall–Kier alpha value is -2.05. The van der Waals surface area contributed by atoms with Crippen LogP contribution in [-0.4, -0.2) is 51.9 Å². The summed E-state index contributed by atoms with van der Waals surface area (Å²) in [5, 5.41) is 0.150. The monoisotopic (exact) mass is 432 g/mol. The van der Waals surface area contributed by atoms with Crippen molar-refractivity contribution < 1.29 is 9.18 Å². The van der Waals surface area contributed by atoms with Crippen LogP contribution in [0.15, 0.2) is 18.2 Å². The van der Waals surface area contributed by atoms with Crippen LogP contribution in [0.5, 0.6) is 0 Å². The topological polar surface area (TPSA) is 49.3 Å². The van der Waals surface area contributed by atoms with E-state index in [1.165, 1.54) is 6.07 Å². The quantitative estimate of drug-likeness (QED) is 0.655. The van der Waals surface area contributed by atoms with Crippen molar-refractivity contribution in [2.45, 2.75) is 53.0 Å². The summed E-state index contributed by atoms with van der Waals surface area (Å²) in [5.74, 6) is 0.819. The van der Waals surface area contributed by atoms with Crippen LogP contribution in [0.25, 0.3) is 0 Å². The number of hydrogen-bond acceptors (Lipinski definition) is 4. The van der Waals surface area contributed by atoms with Crippen LogP contribution in [0.4, 0.5) is 4.39 Å². The molecule has 0 aliphatic carbocycles. The fourth-order valence-electron chi connectivity index (χ4n) is 4.13. The van der Waals surface area contributed by atoms with Gasteiger partial charge in [-0.25, -0.2) is 14.4 Å². The van der Waals surface area contributed by atoms with Crippen LogP contribution in [0, 0.1) is 19.7 Å². The molecule has 30 heavy (non-hydrogen) atoms. The molecule has 1 aliphatic rings. The van der Waals surface area contributed by atoms with Gasteiger partial charge in [0, 0.05) is 49.0 Å². The standard InChI is InChI=1S/C23H30ClFN4O/c1-5-29(6-2)22(30)12-19-15(3)26-23(27-16(19)4)18-9-10-28(14-18)13-17-7-8-20(24)21(25)11-17/h7-8,11,18H,5-6,9-10,12-14H2,1-4H3/t18-/m0/s1. The Morgan fingerprint density at radius 3 is 2.50 bits per heavy atom. The average Bonchev–Trinajstić information content (AvgIpc) is 3.17. The van der Waals surface area contributed by atoms with Crippen LogP contribution in [0.3, 0.4) is 0 Å². The van der Waals surface area contributed by atoms with Crippen molar-refractivity contribution in [1.29, 1.82) is 0 Å². The lowest BCUT2D eigenvalue weighted by molar-refractivity contribution is -0.130. The Kier molecular flexibility index (Phi) is 7.42. The van der Waals surface area contributed by atoms with Crippen LogP contribution in [-0.2, 0) is 17.8 Å². The number of aromatic nitrogens is 2. The average molecular weight is 433 g/mol. The zero-order valence-corrected chi connectivity index (χ0v) is 19.0. The van der Waals surface area contributed by atoms with Crippen molar-refractivity contribution in [2.24, 2.45) is 0 Å². The van der Waals surface area contributed by atoms with Crippen molar-refractivity contribution in [3.63, 3.8) is 0 Å². The molecule has 1 saturated heterocycles. The van der Waals surface area contributed by atoms with Gasteiger partial charge in [-0.2, -0.15) is 0 Å². The number of rotatable bonds is 7. The number of carbonyl (C=O) groups is 1. The lowest BCUT2D eigenvalue weighted by atomic mass is 10.0. The summed E-state index contributed by atoms with van der Waals surface area (Å²) in [5.41, 5.74) is 3.62. The first-order valence-corrected chi connectivity index (χ1v) is 11.0. The number of carbonyl (C=O) groups excluding carboxylic acids is 1. The molecule has 1 fully saturated rings. The van der Waals surface area contributed by atoms with E-state index in [2.05, 4.69) is 4.90 Å². The maximum absolute atomic E-state index is 13.7. The maximum atomic E-state index is 13.7. The van der Waals surface area contributed by atoms with Gasteiger partial charge in [0.1, 0.15) is 11.6 Å². The van der Waals surface area contributed by atoms with Crippen molar-refractivity contribution in [2.75, 3.05) is 26.2 Å². The third-order valence-corrected chi connectivity index (χ3v) is 6.22. The number of benzene rings is 1. The van der Waals surface area contributed by atoms with Gasteiger partial charge < -0.3 is 4.90 Å². The zero-order valence-electron chi connectivity index (χ0n) is 18.2. The van der Waals surface area contributed by atoms with E-state index in [1.807, 2.05) is 38.7 Å². The summed E-state index contributed by atoms with van der Waals surface area (Å²) in [6, 6.07) is 4.97. The Morgan fingerprint density at radius 1 is 1.23 bits per heavy atom. The second-order valence-corrected chi connectivity index (χ2v) is 8.35. The maximum Gasteiger partial charge on any atom is 0.227 e. The van der Waals surface area contributed by atoms with E-state index >= 15 is 0 Å². The highest BCUT2D eigenvalue weighted by Gasteiger charge is 2.27. The largest absolute Gasteiger partial charge is 0.343 e. The second kappa shape index (κ2) is 9.84. The summed E-state index contributed by atoms with van der Waals surface area (Å²) in [6.45, 7) is 11.8. The second-order valence-electron chi connectivity index (χ2n) is 7.94. The first-order chi connectivity index (χ1) is 14.3. The molecular weight excluding hydrogens is 403 g/mol. The molecule has 1 aliphatic heterocycles. The van der Waals surface area contributed by atoms with Gasteiger partial charge in [-0.1, -0.05) is 17.7 Å². The van der Waals surface area contributed by atoms with E-state index < -0.39 is 0 Å². The molecule has 2 heterocycles. The number of likely N-dealkylation sites (N-methyl/N-ethyl adjacent to an activating group) is 1. The molecule has 0 saturated carbocycles. The highest BCUT2D eigenvalue weighted by atomic mass is 35.5. The molecule has 0 bridgehead atoms. The van der Waals surface area contributed by atoms with Crippen LogP contribution in [0.1, 0.15) is 54.5 Å². The van der Waals surface area contributed by atoms with Crippen LogP contribution < -0.4 is 0 Å². The molecule has 0 N–H and O–H groups in total. The van der Waals surface area contributed by atoms with E-state index in [0.29, 0.717) is 26.1 Å². The molecule has 0 radical (unpaired) electrons. The van der Waals surface area contributed by atoms with E-state index in [9.17, 15) is 9.18 Å². The highest BCUT2D eigenvalue weighted by Crippen LogP contribution is 2.28. The van der Waals surface area contributed by atoms with Crippen molar-refractivity contribution >= 4 is 17.5 Å². The fraction of sp³-hybridized carbons (Fsp3) is 0.522. The highest BCUT2D eigenvalue weighted by molar-refractivity contribution is 6.30. The van der Waals surface area contributed by atoms with Gasteiger partial charge in [0.15, 0.2) is 0 Å². The van der Waals surface area contributed by atoms with E-state index in [4.69, 9.17) is 21.6 Å². The predicted octanol–water partition coefficient (Wildman–Crippen LogP) is 4.29. The molecule has 3 rings (SSSR count). The number of likely N-dealkylation sites (tertiary alicyclic amines) is 1. The molecule has 1 aromatic carbocycles. The molecule has 5 nitrogen and oxygen atoms in total. The molecular formula is C23H30ClFN4O. The number of hydrogen-bond donors (Lipinski definition) is 0. The summed E-state index contributed by atoms with van der Waals surface area (Å²) in [7, 11) is 0. The smallest absolute Gasteiger partial charge is 0.227 e. The number of amides is 1. The SMILES string of the molecule is CCN(CC)C(=O)Cc1c(C)nc([C@H]2CCN(Cc3ccc(Cl)c(F)c3)C2)nc1C. The summed E-state index contributed by atoms with van der Waals surface area (Å²) in [6.07, 6.45) is 1.31. The van der Waals surface area contributed by atoms with Crippen molar-refractivity contribution in [1.82, 2.24) is 19.8 Å². The molecule has 7 heteroatoms. The van der Waals surface area contributed by atoms with Gasteiger partial charge in [0.25, 0.3) is 0 Å². The molecule has 162 valence electrons. The van der Waals surface area contributed by atoms with Crippen molar-refractivity contribution in [3.8, 4) is 0 Å². The summed E-state index contributed by atoms with van der Waals surface area (Å²) < 4.78 is 13.7. The van der Waals surface area contributed by atoms with Gasteiger partial charge in [-0.05, 0) is 58.4 Å². The summed E-state index contributed by atoms with van der Waals surface area (Å²) >= 11 is 5.78. The number of aryl methyl sites for hydroxylation is 2. The Bertz CT molecular complexity index is 893. The molecule has 0 spiro atoms. The first-order valence-electron chi connectivity index (χ1n) is 10.6. The Morgan fingerprint density at radius 2 is 1.90 bits per heavy atom. The summed E-state index contributed by atoms with van der Waals surface area (Å²) in [4.78, 5) is 26.2. The third kappa shape index (κ3) is 5.16. The minimum atomic E-state index is -0.380. The van der Waals surface area contributed by atoms with E-state index in [-0.39, 0.29) is 22.7 Å². The van der Waals surface area contributed by atoms with Crippen LogP contribution in [0.2, 0.25) is 5.02 Å². The van der Waals surface area contributed by atoms with Crippen LogP contribution >= 0.6 is 11.6 Å². The molecule has 1 atom stereocenters. The normalized spacial score (nSPS) is 16.8. The Balaban J connectivity index is 1.68. The van der Waals surface area contributed by atoms with Crippen molar-refractivity contribution in [3.05, 3.63) is 57.4 Å². The van der Waals surface area contributed by atoms with E-state index in [1.54, 1.807) is 6.07 Å². The van der Waals surface area contributed by atoms with Gasteiger partial charge in [0.2, 0.25) is 5.91 Å². The fourth-order valence-corrected chi connectivity index (χ4v) is 4.24. The molecule has 1 aromatic heterocycles. The predicted molar refractivity (Wildman–Crippen MR) is 117 cm³/mol. The molecule has 0 unspecified atom stereocenters.